The van der Waals surface area contributed by atoms with E-state index in [1.54, 1.807) is 48.5 Å². The van der Waals surface area contributed by atoms with Crippen LogP contribution in [-0.4, -0.2) is 56.2 Å². The fourth-order valence-electron chi connectivity index (χ4n) is 2.82. The molecule has 33 heavy (non-hydrogen) atoms. The average molecular weight is 529 g/mol. The summed E-state index contributed by atoms with van der Waals surface area (Å²) in [6, 6.07) is 20.9. The zero-order valence-electron chi connectivity index (χ0n) is 18.2. The summed E-state index contributed by atoms with van der Waals surface area (Å²) in [4.78, 5) is 0. The van der Waals surface area contributed by atoms with Crippen LogP contribution in [-0.2, 0) is 0 Å². The third-order valence-electron chi connectivity index (χ3n) is 4.17. The van der Waals surface area contributed by atoms with Gasteiger partial charge in [0.05, 0.1) is 13.2 Å². The van der Waals surface area contributed by atoms with E-state index < -0.39 is 0 Å². The van der Waals surface area contributed by atoms with Crippen LogP contribution in [0.15, 0.2) is 72.8 Å². The Labute approximate surface area is 222 Å². The van der Waals surface area contributed by atoms with Crippen LogP contribution < -0.4 is 34.3 Å². The Bertz CT molecular complexity index is 1070. The molecule has 0 atom stereocenters. The van der Waals surface area contributed by atoms with Crippen LogP contribution in [0.1, 0.15) is 0 Å². The number of aromatic hydroxyl groups is 3. The molecule has 4 rings (SSSR count). The van der Waals surface area contributed by atoms with Gasteiger partial charge < -0.3 is 35.7 Å². The molecule has 0 saturated heterocycles. The summed E-state index contributed by atoms with van der Waals surface area (Å²) < 4.78 is 5.36. The van der Waals surface area contributed by atoms with Gasteiger partial charge in [0.15, 0.2) is 0 Å². The first-order valence-corrected chi connectivity index (χ1v) is 10.7. The fourth-order valence-corrected chi connectivity index (χ4v) is 2.82. The molecule has 172 valence electrons. The first-order chi connectivity index (χ1) is 15.0. The maximum Gasteiger partial charge on any atom is 1.00 e. The van der Waals surface area contributed by atoms with Crippen molar-refractivity contribution in [3.8, 4) is 23.0 Å². The van der Waals surface area contributed by atoms with Crippen molar-refractivity contribution in [2.45, 2.75) is 0 Å². The molecule has 4 aromatic carbocycles. The van der Waals surface area contributed by atoms with Gasteiger partial charge in [0.2, 0.25) is 0 Å². The molecule has 0 fully saturated rings. The molecule has 0 amide bonds. The van der Waals surface area contributed by atoms with E-state index in [1.165, 1.54) is 0 Å². The van der Waals surface area contributed by atoms with Gasteiger partial charge in [-0.2, -0.15) is 0 Å². The fraction of sp³-hybridized carbons (Fsp3) is 0.167. The molecule has 0 bridgehead atoms. The number of phenols is 3. The quantitative estimate of drug-likeness (QED) is 0.199. The number of phenolic OH excluding ortho intramolecular Hbond substituents is 3. The molecule has 4 aromatic rings. The van der Waals surface area contributed by atoms with Gasteiger partial charge in [-0.3, -0.25) is 0 Å². The van der Waals surface area contributed by atoms with E-state index in [-0.39, 0.29) is 72.1 Å². The second-order valence-corrected chi connectivity index (χ2v) is 7.06. The Morgan fingerprint density at radius 1 is 0.606 bits per heavy atom. The number of hydrogen-bond acceptors (Lipinski definition) is 7. The minimum absolute atomic E-state index is 0. The minimum Gasteiger partial charge on any atom is -0.870 e. The average Bonchev–Trinajstić information content (AvgIpc) is 2.79. The number of alkyl halides is 1. The van der Waals surface area contributed by atoms with Crippen molar-refractivity contribution in [2.75, 3.05) is 25.2 Å². The Hall–Kier alpha value is -2.04. The molecule has 6 N–H and O–H groups in total. The molecular formula is C24H26BrNaO7. The van der Waals surface area contributed by atoms with E-state index in [9.17, 15) is 15.3 Å². The first-order valence-electron chi connectivity index (χ1n) is 9.54. The molecule has 0 radical (unpaired) electrons. The van der Waals surface area contributed by atoms with Gasteiger partial charge >= 0.3 is 29.6 Å². The van der Waals surface area contributed by atoms with Gasteiger partial charge in [0, 0.05) is 26.9 Å². The van der Waals surface area contributed by atoms with Crippen molar-refractivity contribution >= 4 is 37.5 Å². The van der Waals surface area contributed by atoms with Crippen LogP contribution in [0.25, 0.3) is 21.5 Å². The number of fused-ring (bicyclic) bond motifs is 2. The summed E-state index contributed by atoms with van der Waals surface area (Å²) in [6.07, 6.45) is 0. The van der Waals surface area contributed by atoms with Crippen molar-refractivity contribution in [1.82, 2.24) is 0 Å². The molecule has 9 heteroatoms. The number of ether oxygens (including phenoxy) is 1. The molecular weight excluding hydrogens is 503 g/mol. The molecule has 0 aliphatic carbocycles. The van der Waals surface area contributed by atoms with Crippen molar-refractivity contribution in [3.05, 3.63) is 72.8 Å². The molecule has 0 aliphatic heterocycles. The van der Waals surface area contributed by atoms with Crippen LogP contribution in [0.4, 0.5) is 0 Å². The third-order valence-corrected chi connectivity index (χ3v) is 4.52. The van der Waals surface area contributed by atoms with Crippen LogP contribution in [0.5, 0.6) is 23.0 Å². The molecule has 0 aliphatic rings. The van der Waals surface area contributed by atoms with E-state index in [4.69, 9.17) is 14.9 Å². The third kappa shape index (κ3) is 9.02. The van der Waals surface area contributed by atoms with Crippen molar-refractivity contribution < 1.29 is 65.3 Å². The number of rotatable bonds is 4. The topological polar surface area (TPSA) is 140 Å². The standard InChI is InChI=1S/C12H12O3.C10H8O2.C2H5BrO.Na.H2O/c13-7-8-15-12-6-2-3-9-10(12)4-1-5-11(9)14;11-9-5-1-3-7-8(9)4-2-6-10(7)12;3-1-2-4;;/h1-6,13-14H,7-8H2;1-6,11-12H;4H,1-2H2;;1H2/q;;;+1;/p-1. The van der Waals surface area contributed by atoms with Crippen LogP contribution in [0.2, 0.25) is 0 Å². The Kier molecular flexibility index (Phi) is 15.5. The zero-order chi connectivity index (χ0) is 22.6. The van der Waals surface area contributed by atoms with Gasteiger partial charge in [0.25, 0.3) is 0 Å². The van der Waals surface area contributed by atoms with E-state index in [2.05, 4.69) is 15.9 Å². The maximum absolute atomic E-state index is 9.62. The van der Waals surface area contributed by atoms with Gasteiger partial charge in [-0.05, 0) is 24.3 Å². The van der Waals surface area contributed by atoms with Crippen LogP contribution >= 0.6 is 15.9 Å². The van der Waals surface area contributed by atoms with Gasteiger partial charge in [-0.1, -0.05) is 64.5 Å². The smallest absolute Gasteiger partial charge is 0.870 e. The first kappa shape index (κ1) is 31.0. The Balaban J connectivity index is 0.000000516. The molecule has 7 nitrogen and oxygen atoms in total. The minimum atomic E-state index is -0.0186. The van der Waals surface area contributed by atoms with Gasteiger partial charge in [0.1, 0.15) is 29.6 Å². The number of halogens is 1. The van der Waals surface area contributed by atoms with Crippen molar-refractivity contribution in [2.24, 2.45) is 0 Å². The second kappa shape index (κ2) is 16.6. The van der Waals surface area contributed by atoms with Gasteiger partial charge in [-0.25, -0.2) is 0 Å². The van der Waals surface area contributed by atoms with Gasteiger partial charge in [-0.15, -0.1) is 0 Å². The summed E-state index contributed by atoms with van der Waals surface area (Å²) in [5.41, 5.74) is 0. The predicted molar refractivity (Wildman–Crippen MR) is 128 cm³/mol. The van der Waals surface area contributed by atoms with Crippen LogP contribution in [0, 0.1) is 0 Å². The summed E-state index contributed by atoms with van der Waals surface area (Å²) in [7, 11) is 0. The predicted octanol–water partition coefficient (Wildman–Crippen LogP) is 1.37. The van der Waals surface area contributed by atoms with Crippen molar-refractivity contribution in [3.63, 3.8) is 0 Å². The molecule has 0 aromatic heterocycles. The summed E-state index contributed by atoms with van der Waals surface area (Å²) in [6.45, 7) is 0.476. The molecule has 0 heterocycles. The Morgan fingerprint density at radius 3 is 1.36 bits per heavy atom. The molecule has 0 spiro atoms. The number of aliphatic hydroxyl groups excluding tert-OH is 2. The summed E-state index contributed by atoms with van der Waals surface area (Å²) >= 11 is 3.00. The molecule has 0 unspecified atom stereocenters. The van der Waals surface area contributed by atoms with E-state index in [0.717, 1.165) is 10.8 Å². The molecule has 0 saturated carbocycles. The Morgan fingerprint density at radius 2 is 0.970 bits per heavy atom. The van der Waals surface area contributed by atoms with Crippen molar-refractivity contribution in [1.29, 1.82) is 0 Å². The number of aliphatic hydroxyl groups is 2. The largest absolute Gasteiger partial charge is 1.00 e. The summed E-state index contributed by atoms with van der Waals surface area (Å²) in [5, 5.41) is 48.5. The monoisotopic (exact) mass is 528 g/mol. The SMILES string of the molecule is OCCBr.OCCOc1cccc2c(O)cccc12.Oc1cccc2c(O)cccc12.[Na+].[OH-]. The maximum atomic E-state index is 9.62. The number of benzene rings is 4. The van der Waals surface area contributed by atoms with E-state index >= 15 is 0 Å². The van der Waals surface area contributed by atoms with E-state index in [0.29, 0.717) is 21.9 Å². The zero-order valence-corrected chi connectivity index (χ0v) is 21.8. The normalized spacial score (nSPS) is 9.42. The number of hydrogen-bond donors (Lipinski definition) is 5. The van der Waals surface area contributed by atoms with Crippen LogP contribution in [0.3, 0.4) is 0 Å². The summed E-state index contributed by atoms with van der Waals surface area (Å²) in [5.74, 6) is 1.31. The van der Waals surface area contributed by atoms with E-state index in [1.807, 2.05) is 24.3 Å². The second-order valence-electron chi connectivity index (χ2n) is 6.26.